The van der Waals surface area contributed by atoms with Gasteiger partial charge in [0.25, 0.3) is 11.7 Å². The van der Waals surface area contributed by atoms with Crippen molar-refractivity contribution < 1.29 is 19.4 Å². The van der Waals surface area contributed by atoms with Crippen molar-refractivity contribution in [3.05, 3.63) is 95.1 Å². The molecule has 3 aromatic rings. The molecule has 1 saturated heterocycles. The van der Waals surface area contributed by atoms with E-state index in [1.807, 2.05) is 13.0 Å². The van der Waals surface area contributed by atoms with E-state index < -0.39 is 17.7 Å². The maximum absolute atomic E-state index is 13.0. The Morgan fingerprint density at radius 3 is 2.45 bits per heavy atom. The molecular formula is C24H21N3O4. The van der Waals surface area contributed by atoms with Crippen molar-refractivity contribution in [1.29, 1.82) is 0 Å². The lowest BCUT2D eigenvalue weighted by atomic mass is 9.95. The minimum Gasteiger partial charge on any atom is -0.507 e. The van der Waals surface area contributed by atoms with Crippen LogP contribution in [0.5, 0.6) is 5.75 Å². The van der Waals surface area contributed by atoms with Crippen molar-refractivity contribution >= 4 is 17.4 Å². The summed E-state index contributed by atoms with van der Waals surface area (Å²) in [5, 5.41) is 11.1. The van der Waals surface area contributed by atoms with Gasteiger partial charge in [0.1, 0.15) is 11.5 Å². The Kier molecular flexibility index (Phi) is 5.49. The molecule has 0 aliphatic carbocycles. The third-order valence-corrected chi connectivity index (χ3v) is 5.28. The van der Waals surface area contributed by atoms with Gasteiger partial charge in [-0.1, -0.05) is 12.1 Å². The van der Waals surface area contributed by atoms with Crippen LogP contribution >= 0.6 is 0 Å². The van der Waals surface area contributed by atoms with E-state index in [0.29, 0.717) is 16.9 Å². The van der Waals surface area contributed by atoms with E-state index in [1.165, 1.54) is 4.90 Å². The average molecular weight is 415 g/mol. The van der Waals surface area contributed by atoms with Crippen LogP contribution in [0.25, 0.3) is 5.76 Å². The summed E-state index contributed by atoms with van der Waals surface area (Å²) in [6.07, 6.45) is 6.50. The van der Waals surface area contributed by atoms with E-state index >= 15 is 0 Å². The number of ketones is 1. The van der Waals surface area contributed by atoms with Crippen LogP contribution in [0.2, 0.25) is 0 Å². The largest absolute Gasteiger partial charge is 0.507 e. The fourth-order valence-electron chi connectivity index (χ4n) is 3.80. The molecule has 1 aliphatic heterocycles. The van der Waals surface area contributed by atoms with E-state index in [4.69, 9.17) is 4.74 Å². The number of benzene rings is 1. The normalized spacial score (nSPS) is 17.7. The Morgan fingerprint density at radius 2 is 1.84 bits per heavy atom. The van der Waals surface area contributed by atoms with Gasteiger partial charge in [-0.25, -0.2) is 0 Å². The third-order valence-electron chi connectivity index (χ3n) is 5.28. The maximum Gasteiger partial charge on any atom is 0.295 e. The smallest absolute Gasteiger partial charge is 0.295 e. The predicted molar refractivity (Wildman–Crippen MR) is 114 cm³/mol. The number of hydrogen-bond acceptors (Lipinski definition) is 6. The standard InChI is InChI=1S/C24H21N3O4/c1-15-11-17(7-8-19(15)31-2)22(28)20-21(18-6-4-10-26-13-18)27(24(30)23(20)29)14-16-5-3-9-25-12-16/h3-13,21,28H,14H2,1-2H3/b22-20+/t21-/m0/s1. The predicted octanol–water partition coefficient (Wildman–Crippen LogP) is 3.42. The second-order valence-electron chi connectivity index (χ2n) is 7.26. The number of hydrogen-bond donors (Lipinski definition) is 1. The Labute approximate surface area is 179 Å². The SMILES string of the molecule is COc1ccc(/C(O)=C2\C(=O)C(=O)N(Cc3cccnc3)[C@H]2c2cccnc2)cc1C. The second kappa shape index (κ2) is 8.39. The fraction of sp³-hybridized carbons (Fsp3) is 0.167. The molecule has 1 aliphatic rings. The molecule has 1 N–H and O–H groups in total. The number of pyridine rings is 2. The van der Waals surface area contributed by atoms with Crippen LogP contribution in [0.15, 0.2) is 72.8 Å². The molecule has 0 spiro atoms. The van der Waals surface area contributed by atoms with Crippen molar-refractivity contribution in [3.63, 3.8) is 0 Å². The van der Waals surface area contributed by atoms with Crippen LogP contribution in [0.4, 0.5) is 0 Å². The Hall–Kier alpha value is -4.00. The van der Waals surface area contributed by atoms with Gasteiger partial charge in [-0.2, -0.15) is 0 Å². The Balaban J connectivity index is 1.85. The number of Topliss-reactive ketones (excluding diaryl/α,β-unsaturated/α-hetero) is 1. The molecule has 4 rings (SSSR count). The summed E-state index contributed by atoms with van der Waals surface area (Å²) in [5.41, 5.74) is 2.68. The lowest BCUT2D eigenvalue weighted by molar-refractivity contribution is -0.140. The molecule has 0 bridgehead atoms. The number of aromatic nitrogens is 2. The second-order valence-corrected chi connectivity index (χ2v) is 7.26. The molecule has 0 radical (unpaired) electrons. The summed E-state index contributed by atoms with van der Waals surface area (Å²) in [6.45, 7) is 2.02. The Morgan fingerprint density at radius 1 is 1.10 bits per heavy atom. The number of carbonyl (C=O) groups excluding carboxylic acids is 2. The van der Waals surface area contributed by atoms with Crippen LogP contribution in [0.3, 0.4) is 0 Å². The molecule has 1 atom stereocenters. The van der Waals surface area contributed by atoms with E-state index in [1.54, 1.807) is 68.3 Å². The fourth-order valence-corrected chi connectivity index (χ4v) is 3.80. The molecule has 7 nitrogen and oxygen atoms in total. The van der Waals surface area contributed by atoms with Crippen LogP contribution in [-0.2, 0) is 16.1 Å². The lowest BCUT2D eigenvalue weighted by Gasteiger charge is -2.25. The molecule has 7 heteroatoms. The summed E-state index contributed by atoms with van der Waals surface area (Å²) in [5.74, 6) is -0.975. The number of methoxy groups -OCH3 is 1. The van der Waals surface area contributed by atoms with Crippen molar-refractivity contribution in [2.45, 2.75) is 19.5 Å². The number of rotatable bonds is 5. The molecule has 156 valence electrons. The first-order valence-electron chi connectivity index (χ1n) is 9.73. The van der Waals surface area contributed by atoms with Crippen molar-refractivity contribution in [2.75, 3.05) is 7.11 Å². The van der Waals surface area contributed by atoms with Gasteiger partial charge in [0.05, 0.1) is 18.7 Å². The van der Waals surface area contributed by atoms with E-state index in [-0.39, 0.29) is 17.9 Å². The van der Waals surface area contributed by atoms with Crippen LogP contribution in [0, 0.1) is 6.92 Å². The number of nitrogens with zero attached hydrogens (tertiary/aromatic N) is 3. The first-order chi connectivity index (χ1) is 15.0. The highest BCUT2D eigenvalue weighted by Gasteiger charge is 2.46. The number of amides is 1. The monoisotopic (exact) mass is 415 g/mol. The summed E-state index contributed by atoms with van der Waals surface area (Å²) < 4.78 is 5.28. The average Bonchev–Trinajstić information content (AvgIpc) is 3.04. The minimum atomic E-state index is -0.767. The van der Waals surface area contributed by atoms with E-state index in [0.717, 1.165) is 11.1 Å². The number of ether oxygens (including phenoxy) is 1. The van der Waals surface area contributed by atoms with Gasteiger partial charge in [0, 0.05) is 36.9 Å². The van der Waals surface area contributed by atoms with Gasteiger partial charge >= 0.3 is 0 Å². The number of likely N-dealkylation sites (tertiary alicyclic amines) is 1. The first-order valence-corrected chi connectivity index (χ1v) is 9.73. The van der Waals surface area contributed by atoms with Gasteiger partial charge in [-0.05, 0) is 53.9 Å². The molecule has 3 heterocycles. The molecule has 31 heavy (non-hydrogen) atoms. The molecule has 0 unspecified atom stereocenters. The van der Waals surface area contributed by atoms with Gasteiger partial charge in [0.15, 0.2) is 0 Å². The number of aryl methyl sites for hydroxylation is 1. The molecule has 2 aromatic heterocycles. The maximum atomic E-state index is 13.0. The molecular weight excluding hydrogens is 394 g/mol. The van der Waals surface area contributed by atoms with Crippen molar-refractivity contribution in [1.82, 2.24) is 14.9 Å². The molecule has 1 amide bonds. The van der Waals surface area contributed by atoms with Gasteiger partial charge < -0.3 is 14.7 Å². The number of carbonyl (C=O) groups is 2. The van der Waals surface area contributed by atoms with Gasteiger partial charge in [-0.3, -0.25) is 19.6 Å². The topological polar surface area (TPSA) is 92.6 Å². The molecule has 1 aromatic carbocycles. The van der Waals surface area contributed by atoms with Crippen LogP contribution < -0.4 is 4.74 Å². The summed E-state index contributed by atoms with van der Waals surface area (Å²) >= 11 is 0. The zero-order valence-electron chi connectivity index (χ0n) is 17.1. The van der Waals surface area contributed by atoms with Gasteiger partial charge in [0.2, 0.25) is 0 Å². The molecule has 0 saturated carbocycles. The quantitative estimate of drug-likeness (QED) is 0.390. The van der Waals surface area contributed by atoms with E-state index in [9.17, 15) is 14.7 Å². The van der Waals surface area contributed by atoms with E-state index in [2.05, 4.69) is 9.97 Å². The zero-order chi connectivity index (χ0) is 22.0. The molecule has 1 fully saturated rings. The van der Waals surface area contributed by atoms with Gasteiger partial charge in [-0.15, -0.1) is 0 Å². The summed E-state index contributed by atoms with van der Waals surface area (Å²) in [6, 6.07) is 11.5. The first kappa shape index (κ1) is 20.3. The summed E-state index contributed by atoms with van der Waals surface area (Å²) in [4.78, 5) is 35.7. The number of aliphatic hydroxyl groups is 1. The highest BCUT2D eigenvalue weighted by atomic mass is 16.5. The Bertz CT molecular complexity index is 1160. The third kappa shape index (κ3) is 3.77. The highest BCUT2D eigenvalue weighted by Crippen LogP contribution is 2.40. The van der Waals surface area contributed by atoms with Crippen LogP contribution in [-0.4, -0.2) is 38.8 Å². The van der Waals surface area contributed by atoms with Crippen molar-refractivity contribution in [3.8, 4) is 5.75 Å². The van der Waals surface area contributed by atoms with Crippen molar-refractivity contribution in [2.24, 2.45) is 0 Å². The summed E-state index contributed by atoms with van der Waals surface area (Å²) in [7, 11) is 1.56. The number of aliphatic hydroxyl groups excluding tert-OH is 1. The highest BCUT2D eigenvalue weighted by molar-refractivity contribution is 6.46. The minimum absolute atomic E-state index is 0.0338. The lowest BCUT2D eigenvalue weighted by Crippen LogP contribution is -2.29. The van der Waals surface area contributed by atoms with Crippen LogP contribution in [0.1, 0.15) is 28.3 Å². The zero-order valence-corrected chi connectivity index (χ0v) is 17.1.